The number of carbonyl (C=O) groups excluding carboxylic acids is 1. The van der Waals surface area contributed by atoms with Gasteiger partial charge in [0.05, 0.1) is 11.9 Å². The van der Waals surface area contributed by atoms with Crippen molar-refractivity contribution in [1.29, 1.82) is 0 Å². The third kappa shape index (κ3) is 5.28. The molecule has 2 heterocycles. The van der Waals surface area contributed by atoms with Crippen LogP contribution in [0.15, 0.2) is 28.7 Å². The second-order valence-electron chi connectivity index (χ2n) is 6.94. The number of nitrogens with one attached hydrogen (secondary N) is 1. The number of rotatable bonds is 6. The average Bonchev–Trinajstić information content (AvgIpc) is 3.13. The Kier molecular flexibility index (Phi) is 6.71. The van der Waals surface area contributed by atoms with E-state index in [9.17, 15) is 13.2 Å². The summed E-state index contributed by atoms with van der Waals surface area (Å²) in [5.41, 5.74) is 0.760. The molecule has 1 aromatic rings. The van der Waals surface area contributed by atoms with Crippen molar-refractivity contribution < 1.29 is 17.9 Å². The molecule has 2 fully saturated rings. The molecule has 0 aliphatic carbocycles. The Balaban J connectivity index is 1.48. The van der Waals surface area contributed by atoms with Gasteiger partial charge in [-0.3, -0.25) is 4.79 Å². The molecule has 1 atom stereocenters. The molecule has 3 rings (SSSR count). The standard InChI is InChI=1S/C18H25BrN2O4S/c19-16-4-1-3-14(11-16)13-26(23,24)21-8-6-15(7-9-21)18(22)20-12-17-5-2-10-25-17/h1,3-4,11,15,17H,2,5-10,12-13H2,(H,20,22). The van der Waals surface area contributed by atoms with Crippen LogP contribution in [0.3, 0.4) is 0 Å². The molecule has 1 aromatic carbocycles. The zero-order valence-electron chi connectivity index (χ0n) is 14.7. The van der Waals surface area contributed by atoms with Crippen molar-refractivity contribution in [2.24, 2.45) is 5.92 Å². The summed E-state index contributed by atoms with van der Waals surface area (Å²) in [5, 5.41) is 2.96. The first-order chi connectivity index (χ1) is 12.4. The summed E-state index contributed by atoms with van der Waals surface area (Å²) in [6.45, 7) is 2.12. The molecule has 2 saturated heterocycles. The van der Waals surface area contributed by atoms with E-state index in [1.54, 1.807) is 0 Å². The number of hydrogen-bond donors (Lipinski definition) is 1. The van der Waals surface area contributed by atoms with E-state index in [0.717, 1.165) is 29.5 Å². The van der Waals surface area contributed by atoms with Crippen molar-refractivity contribution in [3.05, 3.63) is 34.3 Å². The highest BCUT2D eigenvalue weighted by atomic mass is 79.9. The summed E-state index contributed by atoms with van der Waals surface area (Å²) in [6, 6.07) is 7.34. The fourth-order valence-electron chi connectivity index (χ4n) is 3.49. The lowest BCUT2D eigenvalue weighted by atomic mass is 9.97. The van der Waals surface area contributed by atoms with Gasteiger partial charge in [0.2, 0.25) is 15.9 Å². The third-order valence-electron chi connectivity index (χ3n) is 4.98. The lowest BCUT2D eigenvalue weighted by Gasteiger charge is -2.30. The van der Waals surface area contributed by atoms with Gasteiger partial charge in [0.1, 0.15) is 0 Å². The molecule has 144 valence electrons. The van der Waals surface area contributed by atoms with Gasteiger partial charge >= 0.3 is 0 Å². The Hall–Kier alpha value is -0.960. The molecule has 0 radical (unpaired) electrons. The first-order valence-electron chi connectivity index (χ1n) is 9.05. The van der Waals surface area contributed by atoms with Crippen molar-refractivity contribution in [3.8, 4) is 0 Å². The number of hydrogen-bond acceptors (Lipinski definition) is 4. The lowest BCUT2D eigenvalue weighted by molar-refractivity contribution is -0.126. The van der Waals surface area contributed by atoms with Gasteiger partial charge in [-0.25, -0.2) is 12.7 Å². The topological polar surface area (TPSA) is 75.7 Å². The van der Waals surface area contributed by atoms with E-state index in [1.165, 1.54) is 4.31 Å². The number of amides is 1. The van der Waals surface area contributed by atoms with Crippen LogP contribution in [0, 0.1) is 5.92 Å². The highest BCUT2D eigenvalue weighted by Crippen LogP contribution is 2.23. The molecule has 1 amide bonds. The van der Waals surface area contributed by atoms with Crippen LogP contribution in [0.4, 0.5) is 0 Å². The molecule has 1 unspecified atom stereocenters. The minimum Gasteiger partial charge on any atom is -0.376 e. The maximum absolute atomic E-state index is 12.6. The highest BCUT2D eigenvalue weighted by molar-refractivity contribution is 9.10. The van der Waals surface area contributed by atoms with E-state index in [-0.39, 0.29) is 23.7 Å². The Morgan fingerprint density at radius 2 is 2.04 bits per heavy atom. The molecule has 0 saturated carbocycles. The number of benzene rings is 1. The lowest BCUT2D eigenvalue weighted by Crippen LogP contribution is -2.44. The van der Waals surface area contributed by atoms with Gasteiger partial charge in [0, 0.05) is 36.6 Å². The molecule has 0 spiro atoms. The average molecular weight is 445 g/mol. The van der Waals surface area contributed by atoms with Gasteiger partial charge in [0.15, 0.2) is 0 Å². The number of ether oxygens (including phenoxy) is 1. The van der Waals surface area contributed by atoms with E-state index in [4.69, 9.17) is 4.74 Å². The number of carbonyl (C=O) groups is 1. The van der Waals surface area contributed by atoms with Crippen molar-refractivity contribution in [3.63, 3.8) is 0 Å². The Morgan fingerprint density at radius 1 is 1.27 bits per heavy atom. The minimum atomic E-state index is -3.37. The van der Waals surface area contributed by atoms with E-state index >= 15 is 0 Å². The Labute approximate surface area is 163 Å². The highest BCUT2D eigenvalue weighted by Gasteiger charge is 2.31. The third-order valence-corrected chi connectivity index (χ3v) is 7.33. The molecular formula is C18H25BrN2O4S. The molecule has 0 aromatic heterocycles. The first-order valence-corrected chi connectivity index (χ1v) is 11.5. The van der Waals surface area contributed by atoms with Gasteiger partial charge in [-0.2, -0.15) is 0 Å². The van der Waals surface area contributed by atoms with Gasteiger partial charge in [-0.15, -0.1) is 0 Å². The van der Waals surface area contributed by atoms with E-state index < -0.39 is 10.0 Å². The van der Waals surface area contributed by atoms with Crippen molar-refractivity contribution in [2.75, 3.05) is 26.2 Å². The Morgan fingerprint density at radius 3 is 2.69 bits per heavy atom. The van der Waals surface area contributed by atoms with Crippen LogP contribution in [0.2, 0.25) is 0 Å². The van der Waals surface area contributed by atoms with Crippen molar-refractivity contribution in [2.45, 2.75) is 37.5 Å². The van der Waals surface area contributed by atoms with E-state index in [1.807, 2.05) is 24.3 Å². The van der Waals surface area contributed by atoms with Gasteiger partial charge in [-0.05, 0) is 43.4 Å². The van der Waals surface area contributed by atoms with Crippen LogP contribution in [0.25, 0.3) is 0 Å². The van der Waals surface area contributed by atoms with Crippen LogP contribution in [0.5, 0.6) is 0 Å². The second kappa shape index (κ2) is 8.82. The molecule has 8 heteroatoms. The maximum atomic E-state index is 12.6. The summed E-state index contributed by atoms with van der Waals surface area (Å²) < 4.78 is 33.2. The fraction of sp³-hybridized carbons (Fsp3) is 0.611. The summed E-state index contributed by atoms with van der Waals surface area (Å²) in [6.07, 6.45) is 3.30. The predicted molar refractivity (Wildman–Crippen MR) is 103 cm³/mol. The van der Waals surface area contributed by atoms with Crippen LogP contribution < -0.4 is 5.32 Å². The van der Waals surface area contributed by atoms with Crippen molar-refractivity contribution in [1.82, 2.24) is 9.62 Å². The van der Waals surface area contributed by atoms with Crippen LogP contribution >= 0.6 is 15.9 Å². The normalized spacial score (nSPS) is 22.4. The van der Waals surface area contributed by atoms with Crippen LogP contribution in [-0.4, -0.2) is 51.0 Å². The molecule has 26 heavy (non-hydrogen) atoms. The number of halogens is 1. The Bertz CT molecular complexity index is 726. The predicted octanol–water partition coefficient (Wildman–Crippen LogP) is 2.29. The van der Waals surface area contributed by atoms with Crippen LogP contribution in [0.1, 0.15) is 31.2 Å². The zero-order chi connectivity index (χ0) is 18.6. The minimum absolute atomic E-state index is 0.0116. The summed E-state index contributed by atoms with van der Waals surface area (Å²) >= 11 is 3.37. The molecule has 0 bridgehead atoms. The summed E-state index contributed by atoms with van der Waals surface area (Å²) in [4.78, 5) is 12.3. The fourth-order valence-corrected chi connectivity index (χ4v) is 5.49. The second-order valence-corrected chi connectivity index (χ2v) is 9.82. The smallest absolute Gasteiger partial charge is 0.223 e. The number of sulfonamides is 1. The van der Waals surface area contributed by atoms with Gasteiger partial charge in [0.25, 0.3) is 0 Å². The first kappa shape index (κ1) is 19.8. The SMILES string of the molecule is O=C(NCC1CCCO1)C1CCN(S(=O)(=O)Cc2cccc(Br)c2)CC1. The molecule has 2 aliphatic heterocycles. The molecule has 2 aliphatic rings. The monoisotopic (exact) mass is 444 g/mol. The van der Waals surface area contributed by atoms with E-state index in [2.05, 4.69) is 21.2 Å². The number of nitrogens with zero attached hydrogens (tertiary/aromatic N) is 1. The molecule has 6 nitrogen and oxygen atoms in total. The zero-order valence-corrected chi connectivity index (χ0v) is 17.1. The molecular weight excluding hydrogens is 420 g/mol. The largest absolute Gasteiger partial charge is 0.376 e. The van der Waals surface area contributed by atoms with Crippen LogP contribution in [-0.2, 0) is 25.3 Å². The molecule has 1 N–H and O–H groups in total. The van der Waals surface area contributed by atoms with E-state index in [0.29, 0.717) is 32.5 Å². The van der Waals surface area contributed by atoms with Gasteiger partial charge < -0.3 is 10.1 Å². The van der Waals surface area contributed by atoms with Crippen molar-refractivity contribution >= 4 is 31.9 Å². The summed E-state index contributed by atoms with van der Waals surface area (Å²) in [7, 11) is -3.37. The quantitative estimate of drug-likeness (QED) is 0.729. The maximum Gasteiger partial charge on any atom is 0.223 e. The number of piperidine rings is 1. The van der Waals surface area contributed by atoms with Gasteiger partial charge in [-0.1, -0.05) is 28.1 Å². The summed E-state index contributed by atoms with van der Waals surface area (Å²) in [5.74, 6) is -0.110.